The highest BCUT2D eigenvalue weighted by Crippen LogP contribution is 2.29. The molecular weight excluding hydrogens is 451 g/mol. The first kappa shape index (κ1) is 22.0. The number of nitrogens with two attached hydrogens (primary N) is 1. The number of carbonyl (C=O) groups excluding carboxylic acids is 1. The van der Waals surface area contributed by atoms with E-state index in [9.17, 15) is 18.0 Å². The minimum absolute atomic E-state index is 0.0110. The summed E-state index contributed by atoms with van der Waals surface area (Å²) in [7, 11) is 0. The molecule has 1 saturated heterocycles. The molecule has 3 aromatic heterocycles. The summed E-state index contributed by atoms with van der Waals surface area (Å²) in [6.45, 7) is 1.80. The van der Waals surface area contributed by atoms with E-state index in [4.69, 9.17) is 10.5 Å². The fraction of sp³-hybridized carbons (Fsp3) is 0.273. The van der Waals surface area contributed by atoms with Crippen LogP contribution in [0.5, 0.6) is 0 Å². The Morgan fingerprint density at radius 1 is 1.15 bits per heavy atom. The molecule has 5 rings (SSSR count). The van der Waals surface area contributed by atoms with Crippen LogP contribution in [0.1, 0.15) is 21.6 Å². The van der Waals surface area contributed by atoms with Crippen LogP contribution in [0, 0.1) is 0 Å². The Balaban J connectivity index is 1.50. The van der Waals surface area contributed by atoms with Crippen molar-refractivity contribution in [1.29, 1.82) is 0 Å². The van der Waals surface area contributed by atoms with E-state index >= 15 is 0 Å². The molecule has 9 nitrogen and oxygen atoms in total. The molecule has 0 aliphatic carbocycles. The average molecular weight is 471 g/mol. The van der Waals surface area contributed by atoms with Gasteiger partial charge in [-0.15, -0.1) is 0 Å². The topological polar surface area (TPSA) is 102 Å². The second-order valence-electron chi connectivity index (χ2n) is 7.82. The highest BCUT2D eigenvalue weighted by Gasteiger charge is 2.31. The van der Waals surface area contributed by atoms with Gasteiger partial charge in [-0.3, -0.25) is 19.2 Å². The molecule has 176 valence electrons. The molecule has 34 heavy (non-hydrogen) atoms. The lowest BCUT2D eigenvalue weighted by atomic mass is 10.1. The van der Waals surface area contributed by atoms with Gasteiger partial charge in [0.25, 0.3) is 5.91 Å². The van der Waals surface area contributed by atoms with Gasteiger partial charge in [0.2, 0.25) is 5.95 Å². The maximum absolute atomic E-state index is 13.6. The molecule has 12 heteroatoms. The minimum Gasteiger partial charge on any atom is -0.379 e. The highest BCUT2D eigenvalue weighted by atomic mass is 19.4. The number of imidazole rings is 1. The van der Waals surface area contributed by atoms with Gasteiger partial charge in [0.1, 0.15) is 6.33 Å². The lowest BCUT2D eigenvalue weighted by Gasteiger charge is -2.37. The van der Waals surface area contributed by atoms with Gasteiger partial charge < -0.3 is 10.5 Å². The maximum atomic E-state index is 13.6. The third-order valence-electron chi connectivity index (χ3n) is 5.67. The molecule has 0 saturated carbocycles. The Morgan fingerprint density at radius 3 is 2.65 bits per heavy atom. The number of carbonyl (C=O) groups is 1. The average Bonchev–Trinajstić information content (AvgIpc) is 3.33. The number of fused-ring (bicyclic) bond motifs is 3. The third kappa shape index (κ3) is 4.13. The standard InChI is InChI=1S/C22H20F3N7O2/c23-22(24,25)15-2-3-16(28-10-15)12-32(30-5-7-34-8-6-30)20(33)14-1-4-18-17(9-14)19-11-27-13-31(19)21(26)29-18/h1-4,9-11,13H,5-8,12H2,(H2,26,29). The summed E-state index contributed by atoms with van der Waals surface area (Å²) in [5, 5.41) is 4.02. The Bertz CT molecular complexity index is 1350. The van der Waals surface area contributed by atoms with Crippen LogP contribution in [-0.2, 0) is 17.5 Å². The second kappa shape index (κ2) is 8.54. The van der Waals surface area contributed by atoms with E-state index in [0.717, 1.165) is 12.3 Å². The number of aromatic nitrogens is 4. The Labute approximate surface area is 191 Å². The molecule has 0 bridgehead atoms. The normalized spacial score (nSPS) is 15.1. The summed E-state index contributed by atoms with van der Waals surface area (Å²) in [6, 6.07) is 7.32. The van der Waals surface area contributed by atoms with Crippen molar-refractivity contribution in [1.82, 2.24) is 29.4 Å². The molecule has 0 unspecified atom stereocenters. The number of pyridine rings is 1. The molecule has 1 aliphatic rings. The number of rotatable bonds is 4. The summed E-state index contributed by atoms with van der Waals surface area (Å²) < 4.78 is 45.8. The molecule has 0 atom stereocenters. The predicted molar refractivity (Wildman–Crippen MR) is 116 cm³/mol. The molecule has 1 aliphatic heterocycles. The van der Waals surface area contributed by atoms with E-state index in [2.05, 4.69) is 15.0 Å². The number of hydrazine groups is 1. The molecular formula is C22H20F3N7O2. The fourth-order valence-corrected chi connectivity index (χ4v) is 3.91. The SMILES string of the molecule is Nc1nc2ccc(C(=O)N(Cc3ccc(C(F)(F)F)cn3)N3CCOCC3)cc2c2cncn12. The van der Waals surface area contributed by atoms with Crippen molar-refractivity contribution in [2.75, 3.05) is 32.0 Å². The third-order valence-corrected chi connectivity index (χ3v) is 5.67. The summed E-state index contributed by atoms with van der Waals surface area (Å²) in [6.07, 6.45) is -0.519. The molecule has 1 aromatic carbocycles. The largest absolute Gasteiger partial charge is 0.417 e. The summed E-state index contributed by atoms with van der Waals surface area (Å²) in [4.78, 5) is 26.0. The van der Waals surface area contributed by atoms with Gasteiger partial charge in [0.15, 0.2) is 0 Å². The van der Waals surface area contributed by atoms with E-state index in [1.54, 1.807) is 35.1 Å². The van der Waals surface area contributed by atoms with Crippen molar-refractivity contribution in [3.63, 3.8) is 0 Å². The van der Waals surface area contributed by atoms with Crippen LogP contribution in [0.4, 0.5) is 19.1 Å². The second-order valence-corrected chi connectivity index (χ2v) is 7.82. The van der Waals surface area contributed by atoms with Crippen molar-refractivity contribution >= 4 is 28.3 Å². The number of amides is 1. The first-order chi connectivity index (χ1) is 16.3. The number of morpholine rings is 1. The quantitative estimate of drug-likeness (QED) is 0.488. The molecule has 2 N–H and O–H groups in total. The van der Waals surface area contributed by atoms with E-state index in [0.29, 0.717) is 54.0 Å². The number of benzene rings is 1. The molecule has 1 amide bonds. The zero-order valence-electron chi connectivity index (χ0n) is 17.9. The first-order valence-corrected chi connectivity index (χ1v) is 10.5. The van der Waals surface area contributed by atoms with Crippen LogP contribution in [-0.4, -0.2) is 61.6 Å². The smallest absolute Gasteiger partial charge is 0.379 e. The number of nitrogens with zero attached hydrogens (tertiary/aromatic N) is 6. The maximum Gasteiger partial charge on any atom is 0.417 e. The number of anilines is 1. The molecule has 0 spiro atoms. The zero-order valence-corrected chi connectivity index (χ0v) is 17.9. The van der Waals surface area contributed by atoms with Crippen molar-refractivity contribution in [2.45, 2.75) is 12.7 Å². The van der Waals surface area contributed by atoms with Crippen LogP contribution >= 0.6 is 0 Å². The minimum atomic E-state index is -4.48. The number of hydrogen-bond acceptors (Lipinski definition) is 7. The predicted octanol–water partition coefficient (Wildman–Crippen LogP) is 2.77. The number of nitrogen functional groups attached to an aromatic ring is 1. The summed E-state index contributed by atoms with van der Waals surface area (Å²) >= 11 is 0. The summed E-state index contributed by atoms with van der Waals surface area (Å²) in [5.74, 6) is -0.0395. The van der Waals surface area contributed by atoms with E-state index in [1.165, 1.54) is 11.1 Å². The van der Waals surface area contributed by atoms with Crippen LogP contribution in [0.3, 0.4) is 0 Å². The van der Waals surface area contributed by atoms with Gasteiger partial charge in [-0.05, 0) is 30.3 Å². The van der Waals surface area contributed by atoms with Crippen LogP contribution in [0.15, 0.2) is 49.1 Å². The Hall–Kier alpha value is -3.77. The van der Waals surface area contributed by atoms with Crippen LogP contribution in [0.25, 0.3) is 16.4 Å². The fourth-order valence-electron chi connectivity index (χ4n) is 3.91. The lowest BCUT2D eigenvalue weighted by Crippen LogP contribution is -2.51. The first-order valence-electron chi connectivity index (χ1n) is 10.5. The van der Waals surface area contributed by atoms with E-state index in [-0.39, 0.29) is 18.4 Å². The molecule has 0 radical (unpaired) electrons. The van der Waals surface area contributed by atoms with Gasteiger partial charge in [-0.25, -0.2) is 15.0 Å². The van der Waals surface area contributed by atoms with Gasteiger partial charge in [0, 0.05) is 30.2 Å². The van der Waals surface area contributed by atoms with Crippen LogP contribution < -0.4 is 5.73 Å². The number of ether oxygens (including phenoxy) is 1. The van der Waals surface area contributed by atoms with Gasteiger partial charge in [-0.1, -0.05) is 0 Å². The molecule has 1 fully saturated rings. The van der Waals surface area contributed by atoms with Crippen LogP contribution in [0.2, 0.25) is 0 Å². The number of halogens is 3. The zero-order chi connectivity index (χ0) is 23.9. The van der Waals surface area contributed by atoms with E-state index in [1.807, 2.05) is 5.01 Å². The summed E-state index contributed by atoms with van der Waals surface area (Å²) in [5.41, 5.74) is 7.18. The van der Waals surface area contributed by atoms with Gasteiger partial charge in [0.05, 0.1) is 48.2 Å². The van der Waals surface area contributed by atoms with Crippen molar-refractivity contribution in [2.24, 2.45) is 0 Å². The highest BCUT2D eigenvalue weighted by molar-refractivity contribution is 6.02. The Kier molecular flexibility index (Phi) is 5.54. The van der Waals surface area contributed by atoms with Gasteiger partial charge >= 0.3 is 6.18 Å². The van der Waals surface area contributed by atoms with Crippen molar-refractivity contribution in [3.05, 3.63) is 65.9 Å². The monoisotopic (exact) mass is 471 g/mol. The molecule has 4 aromatic rings. The number of alkyl halides is 3. The van der Waals surface area contributed by atoms with Crippen molar-refractivity contribution in [3.8, 4) is 0 Å². The van der Waals surface area contributed by atoms with Crippen molar-refractivity contribution < 1.29 is 22.7 Å². The van der Waals surface area contributed by atoms with Gasteiger partial charge in [-0.2, -0.15) is 13.2 Å². The van der Waals surface area contributed by atoms with E-state index < -0.39 is 11.7 Å². The number of hydrogen-bond donors (Lipinski definition) is 1. The lowest BCUT2D eigenvalue weighted by molar-refractivity contribution is -0.137. The Morgan fingerprint density at radius 2 is 1.94 bits per heavy atom. The molecule has 4 heterocycles.